The van der Waals surface area contributed by atoms with E-state index in [1.54, 1.807) is 0 Å². The van der Waals surface area contributed by atoms with E-state index in [2.05, 4.69) is 10.2 Å². The molecule has 1 heterocycles. The zero-order valence-corrected chi connectivity index (χ0v) is 16.5. The number of hydrogen-bond acceptors (Lipinski definition) is 3. The van der Waals surface area contributed by atoms with Gasteiger partial charge in [0.05, 0.1) is 12.1 Å². The summed E-state index contributed by atoms with van der Waals surface area (Å²) in [5.41, 5.74) is 0.0979. The Morgan fingerprint density at radius 3 is 2.32 bits per heavy atom. The second-order valence-electron chi connectivity index (χ2n) is 8.06. The largest absolute Gasteiger partial charge is 0.416 e. The van der Waals surface area contributed by atoms with E-state index in [4.69, 9.17) is 0 Å². The first-order valence-electron chi connectivity index (χ1n) is 10.2. The van der Waals surface area contributed by atoms with Crippen LogP contribution in [0.4, 0.5) is 13.2 Å². The molecule has 1 saturated carbocycles. The second-order valence-corrected chi connectivity index (χ2v) is 8.06. The Hall–Kier alpha value is -1.60. The molecule has 1 aliphatic heterocycles. The molecular formula is C21H30F3N3O. The van der Waals surface area contributed by atoms with Gasteiger partial charge in [-0.2, -0.15) is 13.2 Å². The van der Waals surface area contributed by atoms with Crippen LogP contribution in [0, 0.1) is 5.92 Å². The van der Waals surface area contributed by atoms with E-state index in [1.807, 2.05) is 11.9 Å². The minimum Gasteiger partial charge on any atom is -0.334 e. The van der Waals surface area contributed by atoms with Crippen LogP contribution in [0.5, 0.6) is 0 Å². The van der Waals surface area contributed by atoms with Gasteiger partial charge in [0.25, 0.3) is 0 Å². The monoisotopic (exact) mass is 397 g/mol. The van der Waals surface area contributed by atoms with Crippen LogP contribution < -0.4 is 5.32 Å². The van der Waals surface area contributed by atoms with E-state index in [9.17, 15) is 18.0 Å². The maximum atomic E-state index is 12.9. The van der Waals surface area contributed by atoms with Crippen molar-refractivity contribution in [1.82, 2.24) is 15.1 Å². The minimum atomic E-state index is -4.33. The molecular weight excluding hydrogens is 367 g/mol. The first-order valence-corrected chi connectivity index (χ1v) is 10.2. The predicted octanol–water partition coefficient (Wildman–Crippen LogP) is 3.52. The zero-order valence-electron chi connectivity index (χ0n) is 16.5. The third-order valence-electron chi connectivity index (χ3n) is 5.81. The van der Waals surface area contributed by atoms with Crippen LogP contribution in [-0.4, -0.2) is 55.0 Å². The first kappa shape index (κ1) is 21.1. The molecule has 0 unspecified atom stereocenters. The number of carbonyl (C=O) groups is 1. The van der Waals surface area contributed by atoms with Crippen LogP contribution in [0.3, 0.4) is 0 Å². The van der Waals surface area contributed by atoms with Gasteiger partial charge in [0, 0.05) is 12.6 Å². The lowest BCUT2D eigenvalue weighted by Crippen LogP contribution is -2.44. The molecule has 1 aromatic carbocycles. The van der Waals surface area contributed by atoms with Crippen molar-refractivity contribution in [2.24, 2.45) is 5.92 Å². The van der Waals surface area contributed by atoms with Crippen LogP contribution >= 0.6 is 0 Å². The number of alkyl halides is 3. The average molecular weight is 397 g/mol. The summed E-state index contributed by atoms with van der Waals surface area (Å²) >= 11 is 0. The normalized spacial score (nSPS) is 19.0. The standard InChI is InChI=1S/C21H30F3N3O/c1-25-11-8-16-9-12-26(13-10-16)15-20(28)27(19-6-7-19)14-17-2-4-18(5-3-17)21(22,23)24/h2-5,16,19,25H,6-15H2,1H3. The minimum absolute atomic E-state index is 0.0936. The molecule has 4 nitrogen and oxygen atoms in total. The Bertz CT molecular complexity index is 635. The molecule has 0 aromatic heterocycles. The molecule has 0 atom stereocenters. The average Bonchev–Trinajstić information content (AvgIpc) is 3.50. The highest BCUT2D eigenvalue weighted by Gasteiger charge is 2.34. The lowest BCUT2D eigenvalue weighted by atomic mass is 9.93. The number of benzene rings is 1. The summed E-state index contributed by atoms with van der Waals surface area (Å²) in [6, 6.07) is 5.40. The summed E-state index contributed by atoms with van der Waals surface area (Å²) in [7, 11) is 1.97. The zero-order chi connectivity index (χ0) is 20.1. The Kier molecular flexibility index (Phi) is 6.99. The SMILES string of the molecule is CNCCC1CCN(CC(=O)N(Cc2ccc(C(F)(F)F)cc2)C2CC2)CC1. The molecule has 2 fully saturated rings. The highest BCUT2D eigenvalue weighted by molar-refractivity contribution is 5.79. The maximum Gasteiger partial charge on any atom is 0.416 e. The fourth-order valence-electron chi connectivity index (χ4n) is 3.87. The van der Waals surface area contributed by atoms with Gasteiger partial charge in [0.15, 0.2) is 0 Å². The van der Waals surface area contributed by atoms with Crippen LogP contribution in [-0.2, 0) is 17.5 Å². The number of nitrogens with zero attached hydrogens (tertiary/aromatic N) is 2. The smallest absolute Gasteiger partial charge is 0.334 e. The molecule has 2 aliphatic rings. The molecule has 28 heavy (non-hydrogen) atoms. The molecule has 1 saturated heterocycles. The fourth-order valence-corrected chi connectivity index (χ4v) is 3.87. The highest BCUT2D eigenvalue weighted by atomic mass is 19.4. The van der Waals surface area contributed by atoms with Gasteiger partial charge in [-0.1, -0.05) is 12.1 Å². The summed E-state index contributed by atoms with van der Waals surface area (Å²) in [6.45, 7) is 3.72. The quantitative estimate of drug-likeness (QED) is 0.729. The van der Waals surface area contributed by atoms with E-state index in [0.717, 1.165) is 68.9 Å². The number of nitrogens with one attached hydrogen (secondary N) is 1. The molecule has 1 aromatic rings. The summed E-state index contributed by atoms with van der Waals surface area (Å²) < 4.78 is 38.2. The molecule has 0 spiro atoms. The van der Waals surface area contributed by atoms with Crippen LogP contribution in [0.1, 0.15) is 43.2 Å². The van der Waals surface area contributed by atoms with E-state index in [0.29, 0.717) is 13.1 Å². The number of piperidine rings is 1. The van der Waals surface area contributed by atoms with Crippen LogP contribution in [0.15, 0.2) is 24.3 Å². The van der Waals surface area contributed by atoms with Gasteiger partial charge in [-0.25, -0.2) is 0 Å². The van der Waals surface area contributed by atoms with E-state index in [-0.39, 0.29) is 11.9 Å². The first-order chi connectivity index (χ1) is 13.4. The number of rotatable bonds is 8. The van der Waals surface area contributed by atoms with Crippen LogP contribution in [0.25, 0.3) is 0 Å². The van der Waals surface area contributed by atoms with Gasteiger partial charge in [0.1, 0.15) is 0 Å². The van der Waals surface area contributed by atoms with Crippen molar-refractivity contribution in [2.45, 2.75) is 50.9 Å². The Morgan fingerprint density at radius 1 is 1.14 bits per heavy atom. The van der Waals surface area contributed by atoms with Gasteiger partial charge in [-0.05, 0) is 82.4 Å². The molecule has 1 N–H and O–H groups in total. The van der Waals surface area contributed by atoms with Gasteiger partial charge in [0.2, 0.25) is 5.91 Å². The molecule has 0 bridgehead atoms. The van der Waals surface area contributed by atoms with Gasteiger partial charge < -0.3 is 10.2 Å². The predicted molar refractivity (Wildman–Crippen MR) is 103 cm³/mol. The number of hydrogen-bond donors (Lipinski definition) is 1. The lowest BCUT2D eigenvalue weighted by Gasteiger charge is -2.33. The van der Waals surface area contributed by atoms with Crippen molar-refractivity contribution < 1.29 is 18.0 Å². The third kappa shape index (κ3) is 5.95. The van der Waals surface area contributed by atoms with Crippen molar-refractivity contribution in [1.29, 1.82) is 0 Å². The van der Waals surface area contributed by atoms with Gasteiger partial charge in [-0.15, -0.1) is 0 Å². The van der Waals surface area contributed by atoms with Gasteiger partial charge in [-0.3, -0.25) is 9.69 Å². The molecule has 156 valence electrons. The topological polar surface area (TPSA) is 35.6 Å². The summed E-state index contributed by atoms with van der Waals surface area (Å²) in [5.74, 6) is 0.821. The van der Waals surface area contributed by atoms with Crippen molar-refractivity contribution in [3.63, 3.8) is 0 Å². The van der Waals surface area contributed by atoms with Crippen molar-refractivity contribution >= 4 is 5.91 Å². The maximum absolute atomic E-state index is 12.9. The molecule has 1 amide bonds. The molecule has 1 aliphatic carbocycles. The van der Waals surface area contributed by atoms with E-state index < -0.39 is 11.7 Å². The lowest BCUT2D eigenvalue weighted by molar-refractivity contribution is -0.137. The third-order valence-corrected chi connectivity index (χ3v) is 5.81. The summed E-state index contributed by atoms with van der Waals surface area (Å²) in [4.78, 5) is 17.0. The van der Waals surface area contributed by atoms with Crippen molar-refractivity contribution in [3.8, 4) is 0 Å². The summed E-state index contributed by atoms with van der Waals surface area (Å²) in [6.07, 6.45) is 1.07. The molecule has 7 heteroatoms. The Morgan fingerprint density at radius 2 is 1.79 bits per heavy atom. The number of amides is 1. The highest BCUT2D eigenvalue weighted by Crippen LogP contribution is 2.31. The number of halogens is 3. The van der Waals surface area contributed by atoms with Crippen molar-refractivity contribution in [3.05, 3.63) is 35.4 Å². The molecule has 3 rings (SSSR count). The van der Waals surface area contributed by atoms with Gasteiger partial charge >= 0.3 is 6.18 Å². The second kappa shape index (κ2) is 9.27. The van der Waals surface area contributed by atoms with E-state index in [1.165, 1.54) is 18.6 Å². The fraction of sp³-hybridized carbons (Fsp3) is 0.667. The number of likely N-dealkylation sites (tertiary alicyclic amines) is 1. The number of carbonyl (C=O) groups excluding carboxylic acids is 1. The van der Waals surface area contributed by atoms with Crippen molar-refractivity contribution in [2.75, 3.05) is 33.2 Å². The summed E-state index contributed by atoms with van der Waals surface area (Å²) in [5, 5.41) is 3.19. The molecule has 0 radical (unpaired) electrons. The Labute approximate surface area is 165 Å². The van der Waals surface area contributed by atoms with E-state index >= 15 is 0 Å². The van der Waals surface area contributed by atoms with Crippen LogP contribution in [0.2, 0.25) is 0 Å². The Balaban J connectivity index is 1.52.